The van der Waals surface area contributed by atoms with E-state index in [9.17, 15) is 18.3 Å². The lowest BCUT2D eigenvalue weighted by atomic mass is 9.94. The molecule has 1 atom stereocenters. The molecular formula is C27H33N3O4S. The molecule has 2 aliphatic rings. The number of carbonyl (C=O) groups is 1. The highest BCUT2D eigenvalue weighted by atomic mass is 32.2. The number of aromatic nitrogens is 1. The molecule has 0 radical (unpaired) electrons. The normalized spacial score (nSPS) is 18.7. The van der Waals surface area contributed by atoms with Gasteiger partial charge in [-0.25, -0.2) is 8.42 Å². The average Bonchev–Trinajstić information content (AvgIpc) is 3.13. The van der Waals surface area contributed by atoms with Crippen LogP contribution in [0.25, 0.3) is 10.9 Å². The fraction of sp³-hybridized carbons (Fsp3) is 0.444. The van der Waals surface area contributed by atoms with Crippen molar-refractivity contribution in [1.82, 2.24) is 13.8 Å². The third-order valence-electron chi connectivity index (χ3n) is 7.27. The largest absolute Gasteiger partial charge is 0.390 e. The summed E-state index contributed by atoms with van der Waals surface area (Å²) < 4.78 is 29.5. The van der Waals surface area contributed by atoms with Gasteiger partial charge < -0.3 is 9.67 Å². The minimum atomic E-state index is -3.51. The molecule has 0 unspecified atom stereocenters. The number of β-amino-alcohol motifs (C(OH)–C–C–N with tert-alkyl or cyclic N) is 1. The van der Waals surface area contributed by atoms with Crippen LogP contribution in [0.15, 0.2) is 47.4 Å². The van der Waals surface area contributed by atoms with E-state index in [0.29, 0.717) is 50.6 Å². The molecule has 2 heterocycles. The number of hydrogen-bond acceptors (Lipinski definition) is 5. The third kappa shape index (κ3) is 4.68. The fourth-order valence-corrected chi connectivity index (χ4v) is 6.84. The van der Waals surface area contributed by atoms with Gasteiger partial charge in [0.05, 0.1) is 23.2 Å². The van der Waals surface area contributed by atoms with Gasteiger partial charge in [0.25, 0.3) is 0 Å². The Hall–Kier alpha value is -2.52. The SMILES string of the molecule is Cc1ccc(S(=O)(=O)N2CCN(C[C@H](O)Cn3c4c(c5cc(C)ccc53)CCCC4=O)CC2)cc1. The second kappa shape index (κ2) is 9.50. The number of piperazine rings is 1. The first-order chi connectivity index (χ1) is 16.7. The zero-order valence-corrected chi connectivity index (χ0v) is 21.2. The lowest BCUT2D eigenvalue weighted by molar-refractivity contribution is 0.0798. The van der Waals surface area contributed by atoms with Crippen LogP contribution in [0, 0.1) is 13.8 Å². The second-order valence-corrected chi connectivity index (χ2v) is 11.8. The fourth-order valence-electron chi connectivity index (χ4n) is 5.42. The molecule has 1 aliphatic carbocycles. The summed E-state index contributed by atoms with van der Waals surface area (Å²) in [5, 5.41) is 12.1. The molecule has 3 aromatic rings. The van der Waals surface area contributed by atoms with Gasteiger partial charge in [-0.05, 0) is 56.5 Å². The highest BCUT2D eigenvalue weighted by Gasteiger charge is 2.30. The summed E-state index contributed by atoms with van der Waals surface area (Å²) >= 11 is 0. The van der Waals surface area contributed by atoms with Crippen molar-refractivity contribution in [2.45, 2.75) is 50.7 Å². The summed E-state index contributed by atoms with van der Waals surface area (Å²) in [4.78, 5) is 15.3. The molecule has 1 aromatic heterocycles. The van der Waals surface area contributed by atoms with E-state index < -0.39 is 16.1 Å². The maximum atomic E-state index is 13.0. The van der Waals surface area contributed by atoms with Crippen molar-refractivity contribution in [1.29, 1.82) is 0 Å². The van der Waals surface area contributed by atoms with E-state index in [1.807, 2.05) is 23.6 Å². The van der Waals surface area contributed by atoms with Crippen molar-refractivity contribution in [3.63, 3.8) is 0 Å². The Morgan fingerprint density at radius 3 is 2.31 bits per heavy atom. The molecular weight excluding hydrogens is 462 g/mol. The van der Waals surface area contributed by atoms with Gasteiger partial charge in [0, 0.05) is 50.0 Å². The van der Waals surface area contributed by atoms with E-state index in [-0.39, 0.29) is 5.78 Å². The summed E-state index contributed by atoms with van der Waals surface area (Å²) in [6, 6.07) is 13.2. The topological polar surface area (TPSA) is 82.8 Å². The van der Waals surface area contributed by atoms with Gasteiger partial charge in [-0.15, -0.1) is 0 Å². The number of aryl methyl sites for hydroxylation is 3. The molecule has 186 valence electrons. The Morgan fingerprint density at radius 1 is 0.914 bits per heavy atom. The lowest BCUT2D eigenvalue weighted by Crippen LogP contribution is -2.50. The minimum absolute atomic E-state index is 0.155. The molecule has 1 saturated heterocycles. The van der Waals surface area contributed by atoms with Crippen molar-refractivity contribution in [2.75, 3.05) is 32.7 Å². The van der Waals surface area contributed by atoms with Gasteiger partial charge in [-0.2, -0.15) is 4.31 Å². The lowest BCUT2D eigenvalue weighted by Gasteiger charge is -2.35. The molecule has 1 fully saturated rings. The number of nitrogens with zero attached hydrogens (tertiary/aromatic N) is 3. The van der Waals surface area contributed by atoms with Crippen LogP contribution in [0.2, 0.25) is 0 Å². The summed E-state index contributed by atoms with van der Waals surface area (Å²) in [5.41, 5.74) is 5.06. The number of aliphatic hydroxyl groups is 1. The van der Waals surface area contributed by atoms with Crippen LogP contribution in [-0.4, -0.2) is 71.9 Å². The maximum Gasteiger partial charge on any atom is 0.243 e. The number of aliphatic hydroxyl groups excluding tert-OH is 1. The van der Waals surface area contributed by atoms with Crippen molar-refractivity contribution < 1.29 is 18.3 Å². The average molecular weight is 496 g/mol. The monoisotopic (exact) mass is 495 g/mol. The molecule has 2 aromatic carbocycles. The molecule has 1 N–H and O–H groups in total. The van der Waals surface area contributed by atoms with Crippen LogP contribution in [0.1, 0.15) is 40.0 Å². The van der Waals surface area contributed by atoms with Crippen LogP contribution in [0.3, 0.4) is 0 Å². The van der Waals surface area contributed by atoms with E-state index in [1.54, 1.807) is 12.1 Å². The quantitative estimate of drug-likeness (QED) is 0.568. The molecule has 5 rings (SSSR count). The summed E-state index contributed by atoms with van der Waals surface area (Å²) in [7, 11) is -3.51. The minimum Gasteiger partial charge on any atom is -0.390 e. The van der Waals surface area contributed by atoms with Crippen LogP contribution in [-0.2, 0) is 23.0 Å². The third-order valence-corrected chi connectivity index (χ3v) is 9.18. The van der Waals surface area contributed by atoms with Gasteiger partial charge in [0.2, 0.25) is 10.0 Å². The molecule has 0 spiro atoms. The highest BCUT2D eigenvalue weighted by molar-refractivity contribution is 7.89. The summed E-state index contributed by atoms with van der Waals surface area (Å²) in [5.74, 6) is 0.155. The van der Waals surface area contributed by atoms with Crippen molar-refractivity contribution in [2.24, 2.45) is 0 Å². The smallest absolute Gasteiger partial charge is 0.243 e. The molecule has 0 bridgehead atoms. The van der Waals surface area contributed by atoms with Crippen LogP contribution in [0.4, 0.5) is 0 Å². The number of Topliss-reactive ketones (excluding diaryl/α,β-unsaturated/α-hetero) is 1. The Bertz CT molecular complexity index is 1350. The molecule has 0 saturated carbocycles. The predicted octanol–water partition coefficient (Wildman–Crippen LogP) is 3.14. The zero-order chi connectivity index (χ0) is 24.7. The van der Waals surface area contributed by atoms with Gasteiger partial charge in [-0.1, -0.05) is 29.3 Å². The second-order valence-electron chi connectivity index (χ2n) is 9.91. The molecule has 7 nitrogen and oxygen atoms in total. The van der Waals surface area contributed by atoms with Crippen LogP contribution >= 0.6 is 0 Å². The summed E-state index contributed by atoms with van der Waals surface area (Å²) in [6.45, 7) is 6.68. The summed E-state index contributed by atoms with van der Waals surface area (Å²) in [6.07, 6.45) is 1.65. The Morgan fingerprint density at radius 2 is 1.60 bits per heavy atom. The van der Waals surface area contributed by atoms with E-state index in [4.69, 9.17) is 0 Å². The number of sulfonamides is 1. The van der Waals surface area contributed by atoms with Gasteiger partial charge in [0.1, 0.15) is 0 Å². The number of rotatable bonds is 6. The number of fused-ring (bicyclic) bond motifs is 3. The first kappa shape index (κ1) is 24.2. The van der Waals surface area contributed by atoms with Crippen molar-refractivity contribution in [3.8, 4) is 0 Å². The van der Waals surface area contributed by atoms with Crippen LogP contribution < -0.4 is 0 Å². The first-order valence-electron chi connectivity index (χ1n) is 12.4. The molecule has 8 heteroatoms. The number of hydrogen-bond donors (Lipinski definition) is 1. The van der Waals surface area contributed by atoms with E-state index in [0.717, 1.165) is 46.1 Å². The van der Waals surface area contributed by atoms with E-state index in [1.165, 1.54) is 4.31 Å². The maximum absolute atomic E-state index is 13.0. The Labute approximate surface area is 207 Å². The van der Waals surface area contributed by atoms with Crippen molar-refractivity contribution >= 4 is 26.7 Å². The molecule has 1 aliphatic heterocycles. The Balaban J connectivity index is 1.27. The van der Waals surface area contributed by atoms with Gasteiger partial charge in [0.15, 0.2) is 5.78 Å². The first-order valence-corrected chi connectivity index (χ1v) is 13.8. The van der Waals surface area contributed by atoms with Crippen molar-refractivity contribution in [3.05, 3.63) is 64.8 Å². The standard InChI is InChI=1S/C27H33N3O4S/c1-19-6-9-22(10-7-19)35(33,34)29-14-12-28(13-15-29)17-21(31)18-30-25-11-8-20(2)16-24(25)23-4-3-5-26(32)27(23)30/h6-11,16,21,31H,3-5,12-15,17-18H2,1-2H3/t21-/m0/s1. The van der Waals surface area contributed by atoms with Gasteiger partial charge in [-0.3, -0.25) is 9.69 Å². The molecule has 0 amide bonds. The number of ketones is 1. The predicted molar refractivity (Wildman–Crippen MR) is 136 cm³/mol. The Kier molecular flexibility index (Phi) is 6.57. The van der Waals surface area contributed by atoms with Crippen LogP contribution in [0.5, 0.6) is 0 Å². The molecule has 35 heavy (non-hydrogen) atoms. The number of benzene rings is 2. The van der Waals surface area contributed by atoms with E-state index >= 15 is 0 Å². The van der Waals surface area contributed by atoms with E-state index in [2.05, 4.69) is 30.0 Å². The highest BCUT2D eigenvalue weighted by Crippen LogP contribution is 2.33. The van der Waals surface area contributed by atoms with Gasteiger partial charge >= 0.3 is 0 Å². The number of carbonyl (C=O) groups excluding carboxylic acids is 1. The zero-order valence-electron chi connectivity index (χ0n) is 20.4.